The van der Waals surface area contributed by atoms with Crippen molar-refractivity contribution in [1.29, 1.82) is 0 Å². The maximum absolute atomic E-state index is 13.9. The first-order chi connectivity index (χ1) is 17.1. The first-order valence-corrected chi connectivity index (χ1v) is 12.3. The fourth-order valence-electron chi connectivity index (χ4n) is 5.93. The van der Waals surface area contributed by atoms with Crippen LogP contribution in [0.3, 0.4) is 0 Å². The van der Waals surface area contributed by atoms with Crippen molar-refractivity contribution < 1.29 is 14.4 Å². The van der Waals surface area contributed by atoms with Gasteiger partial charge in [0.1, 0.15) is 6.54 Å². The van der Waals surface area contributed by atoms with Crippen molar-refractivity contribution in [1.82, 2.24) is 4.90 Å². The van der Waals surface area contributed by atoms with Gasteiger partial charge >= 0.3 is 0 Å². The van der Waals surface area contributed by atoms with E-state index in [0.29, 0.717) is 17.0 Å². The third kappa shape index (κ3) is 3.70. The Kier molecular flexibility index (Phi) is 5.36. The van der Waals surface area contributed by atoms with Crippen LogP contribution in [-0.4, -0.2) is 41.8 Å². The largest absolute Gasteiger partial charge is 0.365 e. The maximum Gasteiger partial charge on any atom is 0.262 e. The van der Waals surface area contributed by atoms with Crippen molar-refractivity contribution >= 4 is 29.1 Å². The molecule has 3 aromatic rings. The summed E-state index contributed by atoms with van der Waals surface area (Å²) >= 11 is 0. The molecule has 0 N–H and O–H groups in total. The number of carbonyl (C=O) groups is 3. The molecule has 6 nitrogen and oxygen atoms in total. The predicted octanol–water partition coefficient (Wildman–Crippen LogP) is 4.50. The number of hydrogen-bond acceptors (Lipinski definition) is 4. The lowest BCUT2D eigenvalue weighted by atomic mass is 10.0. The first kappa shape index (κ1) is 21.6. The van der Waals surface area contributed by atoms with E-state index in [-0.39, 0.29) is 18.5 Å². The molecule has 1 fully saturated rings. The number of fused-ring (bicyclic) bond motifs is 3. The number of amides is 3. The quantitative estimate of drug-likeness (QED) is 0.532. The van der Waals surface area contributed by atoms with Gasteiger partial charge in [-0.15, -0.1) is 0 Å². The molecule has 0 spiro atoms. The van der Waals surface area contributed by atoms with E-state index >= 15 is 0 Å². The minimum Gasteiger partial charge on any atom is -0.365 e. The van der Waals surface area contributed by atoms with Gasteiger partial charge in [0, 0.05) is 19.1 Å². The minimum absolute atomic E-state index is 0.0552. The second kappa shape index (κ2) is 8.69. The van der Waals surface area contributed by atoms with Gasteiger partial charge in [-0.25, -0.2) is 0 Å². The molecule has 2 aliphatic heterocycles. The number of rotatable bonds is 4. The van der Waals surface area contributed by atoms with Crippen LogP contribution in [0.25, 0.3) is 0 Å². The molecule has 35 heavy (non-hydrogen) atoms. The fourth-order valence-corrected chi connectivity index (χ4v) is 5.93. The average Bonchev–Trinajstić information content (AvgIpc) is 3.39. The van der Waals surface area contributed by atoms with Gasteiger partial charge in [-0.05, 0) is 48.6 Å². The normalized spacial score (nSPS) is 21.0. The zero-order valence-electron chi connectivity index (χ0n) is 19.5. The van der Waals surface area contributed by atoms with Crippen molar-refractivity contribution in [3.63, 3.8) is 0 Å². The minimum atomic E-state index is -0.393. The van der Waals surface area contributed by atoms with E-state index in [2.05, 4.69) is 35.2 Å². The molecule has 0 radical (unpaired) electrons. The number of nitrogens with zero attached hydrogens (tertiary/aromatic N) is 3. The van der Waals surface area contributed by atoms with Gasteiger partial charge < -0.3 is 9.80 Å². The van der Waals surface area contributed by atoms with Gasteiger partial charge in [-0.2, -0.15) is 0 Å². The summed E-state index contributed by atoms with van der Waals surface area (Å²) in [4.78, 5) is 45.1. The van der Waals surface area contributed by atoms with E-state index in [1.54, 1.807) is 24.3 Å². The van der Waals surface area contributed by atoms with Crippen molar-refractivity contribution in [2.45, 2.75) is 31.8 Å². The Morgan fingerprint density at radius 2 is 1.40 bits per heavy atom. The fraction of sp³-hybridized carbons (Fsp3) is 0.276. The van der Waals surface area contributed by atoms with Gasteiger partial charge in [0.2, 0.25) is 5.91 Å². The van der Waals surface area contributed by atoms with Crippen LogP contribution in [-0.2, 0) is 11.3 Å². The molecule has 3 aromatic carbocycles. The summed E-state index contributed by atoms with van der Waals surface area (Å²) in [5.74, 6) is -0.658. The van der Waals surface area contributed by atoms with Crippen molar-refractivity contribution in [3.8, 4) is 0 Å². The van der Waals surface area contributed by atoms with Crippen LogP contribution in [0.1, 0.15) is 45.5 Å². The molecule has 176 valence electrons. The first-order valence-electron chi connectivity index (χ1n) is 12.3. The second-order valence-corrected chi connectivity index (χ2v) is 9.62. The zero-order valence-corrected chi connectivity index (χ0v) is 19.5. The molecule has 6 rings (SSSR count). The molecular weight excluding hydrogens is 438 g/mol. The third-order valence-corrected chi connectivity index (χ3v) is 7.54. The van der Waals surface area contributed by atoms with Crippen LogP contribution in [0.15, 0.2) is 78.9 Å². The van der Waals surface area contributed by atoms with Gasteiger partial charge in [0.05, 0.1) is 22.5 Å². The molecule has 2 atom stereocenters. The van der Waals surface area contributed by atoms with E-state index in [4.69, 9.17) is 0 Å². The summed E-state index contributed by atoms with van der Waals surface area (Å²) < 4.78 is 0. The highest BCUT2D eigenvalue weighted by molar-refractivity contribution is 6.22. The monoisotopic (exact) mass is 465 g/mol. The van der Waals surface area contributed by atoms with E-state index < -0.39 is 11.8 Å². The SMILES string of the molecule is O=C1c2ccccc2C(=O)N1CC(=O)N1c2ccccc2N(Cc2ccccc2)C[C@@H]2CCC[C@H]21. The highest BCUT2D eigenvalue weighted by Crippen LogP contribution is 2.42. The lowest BCUT2D eigenvalue weighted by Crippen LogP contribution is -2.48. The van der Waals surface area contributed by atoms with Crippen LogP contribution in [0.4, 0.5) is 11.4 Å². The Bertz CT molecular complexity index is 1270. The summed E-state index contributed by atoms with van der Waals surface area (Å²) in [5.41, 5.74) is 3.84. The molecule has 0 aromatic heterocycles. The van der Waals surface area contributed by atoms with Gasteiger partial charge in [-0.1, -0.05) is 61.0 Å². The summed E-state index contributed by atoms with van der Waals surface area (Å²) in [6.45, 7) is 1.39. The standard InChI is InChI=1S/C29H27N3O3/c33-27(19-31-28(34)22-12-4-5-13-23(22)29(31)35)32-24-16-8-11-21(24)18-30(17-20-9-2-1-3-10-20)25-14-6-7-15-26(25)32/h1-7,9-10,12-15,21,24H,8,11,16-19H2/t21-,24+/m0/s1. The summed E-state index contributed by atoms with van der Waals surface area (Å²) in [6, 6.07) is 25.2. The third-order valence-electron chi connectivity index (χ3n) is 7.54. The highest BCUT2D eigenvalue weighted by atomic mass is 16.2. The predicted molar refractivity (Wildman–Crippen MR) is 134 cm³/mol. The number of anilines is 2. The maximum atomic E-state index is 13.9. The number of benzene rings is 3. The van der Waals surface area contributed by atoms with Gasteiger partial charge in [-0.3, -0.25) is 19.3 Å². The molecular formula is C29H27N3O3. The molecule has 1 saturated carbocycles. The van der Waals surface area contributed by atoms with Gasteiger partial charge in [0.15, 0.2) is 0 Å². The number of para-hydroxylation sites is 2. The van der Waals surface area contributed by atoms with Crippen LogP contribution >= 0.6 is 0 Å². The van der Waals surface area contributed by atoms with Crippen LogP contribution in [0.5, 0.6) is 0 Å². The Balaban J connectivity index is 1.34. The zero-order chi connectivity index (χ0) is 23.9. The van der Waals surface area contributed by atoms with Crippen LogP contribution < -0.4 is 9.80 Å². The molecule has 0 saturated heterocycles. The van der Waals surface area contributed by atoms with Crippen molar-refractivity contribution in [2.75, 3.05) is 22.9 Å². The Labute approximate surface area is 204 Å². The van der Waals surface area contributed by atoms with E-state index in [1.807, 2.05) is 29.2 Å². The van der Waals surface area contributed by atoms with E-state index in [1.165, 1.54) is 5.56 Å². The molecule has 6 heteroatoms. The topological polar surface area (TPSA) is 60.9 Å². The lowest BCUT2D eigenvalue weighted by molar-refractivity contribution is -0.119. The molecule has 0 bridgehead atoms. The summed E-state index contributed by atoms with van der Waals surface area (Å²) in [6.07, 6.45) is 3.04. The van der Waals surface area contributed by atoms with E-state index in [9.17, 15) is 14.4 Å². The molecule has 1 aliphatic carbocycles. The number of carbonyl (C=O) groups excluding carboxylic acids is 3. The Hall–Kier alpha value is -3.93. The lowest BCUT2D eigenvalue weighted by Gasteiger charge is -2.32. The summed E-state index contributed by atoms with van der Waals surface area (Å²) in [5, 5.41) is 0. The molecule has 2 heterocycles. The van der Waals surface area contributed by atoms with Crippen LogP contribution in [0, 0.1) is 5.92 Å². The smallest absolute Gasteiger partial charge is 0.262 e. The Morgan fingerprint density at radius 3 is 2.11 bits per heavy atom. The van der Waals surface area contributed by atoms with E-state index in [0.717, 1.165) is 48.6 Å². The molecule has 3 aliphatic rings. The highest BCUT2D eigenvalue weighted by Gasteiger charge is 2.43. The van der Waals surface area contributed by atoms with Crippen molar-refractivity contribution in [2.24, 2.45) is 5.92 Å². The van der Waals surface area contributed by atoms with Crippen molar-refractivity contribution in [3.05, 3.63) is 95.6 Å². The number of imide groups is 1. The number of hydrogen-bond donors (Lipinski definition) is 0. The molecule has 0 unspecified atom stereocenters. The van der Waals surface area contributed by atoms with Gasteiger partial charge in [0.25, 0.3) is 11.8 Å². The molecule has 3 amide bonds. The summed E-state index contributed by atoms with van der Waals surface area (Å²) in [7, 11) is 0. The second-order valence-electron chi connectivity index (χ2n) is 9.62. The average molecular weight is 466 g/mol. The Morgan fingerprint density at radius 1 is 0.771 bits per heavy atom. The van der Waals surface area contributed by atoms with Crippen LogP contribution in [0.2, 0.25) is 0 Å².